The van der Waals surface area contributed by atoms with Gasteiger partial charge in [0.25, 0.3) is 0 Å². The Labute approximate surface area is 165 Å². The smallest absolute Gasteiger partial charge is 0.314 e. The summed E-state index contributed by atoms with van der Waals surface area (Å²) in [5.74, 6) is -0.583. The van der Waals surface area contributed by atoms with Crippen molar-refractivity contribution < 1.29 is 19.1 Å². The first-order valence-corrected chi connectivity index (χ1v) is 9.55. The number of amides is 1. The van der Waals surface area contributed by atoms with Crippen LogP contribution in [0.25, 0.3) is 0 Å². The van der Waals surface area contributed by atoms with Crippen molar-refractivity contribution in [3.8, 4) is 0 Å². The Bertz CT molecular complexity index is 816. The van der Waals surface area contributed by atoms with E-state index in [0.29, 0.717) is 25.8 Å². The number of hydrogen-bond acceptors (Lipinski definition) is 4. The lowest BCUT2D eigenvalue weighted by Crippen LogP contribution is -2.40. The van der Waals surface area contributed by atoms with Crippen molar-refractivity contribution in [3.63, 3.8) is 0 Å². The van der Waals surface area contributed by atoms with Gasteiger partial charge in [0.05, 0.1) is 6.42 Å². The number of Topliss-reactive ketones (excluding diaryl/α,β-unsaturated/α-hetero) is 1. The monoisotopic (exact) mass is 379 g/mol. The van der Waals surface area contributed by atoms with E-state index >= 15 is 0 Å². The second kappa shape index (κ2) is 8.83. The van der Waals surface area contributed by atoms with Crippen LogP contribution in [-0.4, -0.2) is 29.6 Å². The van der Waals surface area contributed by atoms with Gasteiger partial charge in [-0.2, -0.15) is 0 Å². The van der Waals surface area contributed by atoms with E-state index < -0.39 is 11.6 Å². The fourth-order valence-electron chi connectivity index (χ4n) is 3.68. The average Bonchev–Trinajstić information content (AvgIpc) is 2.68. The Hall–Kier alpha value is -2.95. The summed E-state index contributed by atoms with van der Waals surface area (Å²) in [6.45, 7) is 0.553. The highest BCUT2D eigenvalue weighted by Gasteiger charge is 2.42. The molecule has 0 bridgehead atoms. The van der Waals surface area contributed by atoms with Gasteiger partial charge in [0, 0.05) is 20.0 Å². The van der Waals surface area contributed by atoms with Crippen LogP contribution in [0.2, 0.25) is 0 Å². The third-order valence-corrected chi connectivity index (χ3v) is 5.09. The molecule has 3 rings (SSSR count). The van der Waals surface area contributed by atoms with Crippen LogP contribution in [0, 0.1) is 0 Å². The van der Waals surface area contributed by atoms with E-state index in [0.717, 1.165) is 11.1 Å². The predicted molar refractivity (Wildman–Crippen MR) is 105 cm³/mol. The highest BCUT2D eigenvalue weighted by atomic mass is 16.6. The predicted octanol–water partition coefficient (Wildman–Crippen LogP) is 3.62. The van der Waals surface area contributed by atoms with Crippen molar-refractivity contribution in [3.05, 3.63) is 71.8 Å². The molecule has 0 radical (unpaired) electrons. The highest BCUT2D eigenvalue weighted by molar-refractivity contribution is 5.98. The van der Waals surface area contributed by atoms with Crippen LogP contribution >= 0.6 is 0 Å². The molecule has 0 N–H and O–H groups in total. The van der Waals surface area contributed by atoms with Gasteiger partial charge in [0.1, 0.15) is 17.8 Å². The molecule has 1 atom stereocenters. The Balaban J connectivity index is 1.63. The van der Waals surface area contributed by atoms with Gasteiger partial charge in [0.2, 0.25) is 5.91 Å². The first kappa shape index (κ1) is 19.8. The molecule has 0 saturated carbocycles. The van der Waals surface area contributed by atoms with E-state index in [-0.39, 0.29) is 24.5 Å². The number of ketones is 1. The molecular formula is C23H25NO4. The molecule has 2 aromatic carbocycles. The van der Waals surface area contributed by atoms with Gasteiger partial charge in [-0.05, 0) is 24.0 Å². The number of carbonyl (C=O) groups excluding carboxylic acids is 3. The minimum Gasteiger partial charge on any atom is -0.453 e. The normalized spacial score (nSPS) is 19.2. The molecule has 0 aromatic heterocycles. The van der Waals surface area contributed by atoms with Crippen molar-refractivity contribution in [2.45, 2.75) is 44.2 Å². The van der Waals surface area contributed by atoms with Crippen molar-refractivity contribution in [2.24, 2.45) is 0 Å². The van der Waals surface area contributed by atoms with Crippen LogP contribution in [0.5, 0.6) is 0 Å². The molecule has 0 spiro atoms. The molecule has 1 fully saturated rings. The van der Waals surface area contributed by atoms with Gasteiger partial charge < -0.3 is 9.64 Å². The maximum Gasteiger partial charge on any atom is 0.314 e. The molecule has 1 aliphatic rings. The lowest BCUT2D eigenvalue weighted by Gasteiger charge is -2.36. The summed E-state index contributed by atoms with van der Waals surface area (Å²) < 4.78 is 5.68. The number of esters is 1. The average molecular weight is 379 g/mol. The van der Waals surface area contributed by atoms with Crippen LogP contribution in [-0.2, 0) is 31.3 Å². The number of nitrogens with zero attached hydrogens (tertiary/aromatic N) is 1. The van der Waals surface area contributed by atoms with Crippen LogP contribution in [0.4, 0.5) is 0 Å². The second-order valence-corrected chi connectivity index (χ2v) is 7.32. The van der Waals surface area contributed by atoms with E-state index in [1.54, 1.807) is 11.9 Å². The lowest BCUT2D eigenvalue weighted by molar-refractivity contribution is -0.173. The Kier molecular flexibility index (Phi) is 6.24. The Morgan fingerprint density at radius 1 is 1.04 bits per heavy atom. The lowest BCUT2D eigenvalue weighted by atomic mass is 9.81. The summed E-state index contributed by atoms with van der Waals surface area (Å²) in [7, 11) is 1.78. The topological polar surface area (TPSA) is 63.7 Å². The molecule has 146 valence electrons. The molecule has 1 heterocycles. The number of rotatable bonds is 7. The van der Waals surface area contributed by atoms with Crippen LogP contribution < -0.4 is 0 Å². The van der Waals surface area contributed by atoms with E-state index in [1.165, 1.54) is 0 Å². The standard InChI is InChI=1S/C23H25NO4/c1-24(17-18-9-4-2-5-10-18)21(26)13-8-14-23(19-11-6-3-7-12-19)16-20(25)15-22(27)28-23/h2-7,9-12H,8,13-17H2,1H3. The third-order valence-electron chi connectivity index (χ3n) is 5.09. The Morgan fingerprint density at radius 2 is 1.68 bits per heavy atom. The summed E-state index contributed by atoms with van der Waals surface area (Å²) in [5, 5.41) is 0. The minimum absolute atomic E-state index is 0.0283. The molecular weight excluding hydrogens is 354 g/mol. The van der Waals surface area contributed by atoms with Crippen molar-refractivity contribution in [1.82, 2.24) is 4.90 Å². The SMILES string of the molecule is CN(Cc1ccccc1)C(=O)CCCC1(c2ccccc2)CC(=O)CC(=O)O1. The molecule has 5 heteroatoms. The van der Waals surface area contributed by atoms with Gasteiger partial charge >= 0.3 is 5.97 Å². The summed E-state index contributed by atoms with van der Waals surface area (Å²) in [4.78, 5) is 38.3. The van der Waals surface area contributed by atoms with Crippen molar-refractivity contribution in [1.29, 1.82) is 0 Å². The van der Waals surface area contributed by atoms with E-state index in [4.69, 9.17) is 4.74 Å². The summed E-state index contributed by atoms with van der Waals surface area (Å²) in [5.41, 5.74) is 0.916. The van der Waals surface area contributed by atoms with Crippen molar-refractivity contribution >= 4 is 17.7 Å². The van der Waals surface area contributed by atoms with Gasteiger partial charge in [-0.15, -0.1) is 0 Å². The molecule has 28 heavy (non-hydrogen) atoms. The van der Waals surface area contributed by atoms with Gasteiger partial charge in [-0.25, -0.2) is 0 Å². The molecule has 1 unspecified atom stereocenters. The molecule has 5 nitrogen and oxygen atoms in total. The fourth-order valence-corrected chi connectivity index (χ4v) is 3.68. The fraction of sp³-hybridized carbons (Fsp3) is 0.348. The van der Waals surface area contributed by atoms with E-state index in [9.17, 15) is 14.4 Å². The van der Waals surface area contributed by atoms with Gasteiger partial charge in [-0.3, -0.25) is 14.4 Å². The molecule has 1 saturated heterocycles. The highest BCUT2D eigenvalue weighted by Crippen LogP contribution is 2.38. The number of benzene rings is 2. The summed E-state index contributed by atoms with van der Waals surface area (Å²) in [6.07, 6.45) is 1.31. The molecule has 0 aliphatic carbocycles. The minimum atomic E-state index is -0.966. The quantitative estimate of drug-likeness (QED) is 0.544. The maximum atomic E-state index is 12.5. The summed E-state index contributed by atoms with van der Waals surface area (Å²) in [6, 6.07) is 19.2. The number of carbonyl (C=O) groups is 3. The zero-order valence-corrected chi connectivity index (χ0v) is 16.1. The first-order valence-electron chi connectivity index (χ1n) is 9.55. The second-order valence-electron chi connectivity index (χ2n) is 7.32. The van der Waals surface area contributed by atoms with E-state index in [2.05, 4.69) is 0 Å². The van der Waals surface area contributed by atoms with Crippen LogP contribution in [0.15, 0.2) is 60.7 Å². The molecule has 1 aliphatic heterocycles. The zero-order valence-electron chi connectivity index (χ0n) is 16.1. The zero-order chi connectivity index (χ0) is 20.0. The summed E-state index contributed by atoms with van der Waals surface area (Å²) >= 11 is 0. The van der Waals surface area contributed by atoms with Crippen LogP contribution in [0.1, 0.15) is 43.2 Å². The largest absolute Gasteiger partial charge is 0.453 e. The van der Waals surface area contributed by atoms with Gasteiger partial charge in [-0.1, -0.05) is 60.7 Å². The first-order chi connectivity index (χ1) is 13.5. The number of cyclic esters (lactones) is 1. The molecule has 1 amide bonds. The van der Waals surface area contributed by atoms with E-state index in [1.807, 2.05) is 60.7 Å². The van der Waals surface area contributed by atoms with Crippen LogP contribution in [0.3, 0.4) is 0 Å². The number of ether oxygens (including phenoxy) is 1. The molecule has 2 aromatic rings. The maximum absolute atomic E-state index is 12.5. The van der Waals surface area contributed by atoms with Gasteiger partial charge in [0.15, 0.2) is 0 Å². The number of hydrogen-bond donors (Lipinski definition) is 0. The Morgan fingerprint density at radius 3 is 2.32 bits per heavy atom. The van der Waals surface area contributed by atoms with Crippen molar-refractivity contribution in [2.75, 3.05) is 7.05 Å². The third kappa shape index (κ3) is 4.85.